The molecule has 2 aliphatic heterocycles. The fraction of sp³-hybridized carbons (Fsp3) is 0.542. The fourth-order valence-electron chi connectivity index (χ4n) is 4.46. The molecule has 0 radical (unpaired) electrons. The van der Waals surface area contributed by atoms with E-state index in [4.69, 9.17) is 9.47 Å². The lowest BCUT2D eigenvalue weighted by Crippen LogP contribution is -2.39. The van der Waals surface area contributed by atoms with E-state index in [-0.39, 0.29) is 56.8 Å². The zero-order valence-electron chi connectivity index (χ0n) is 20.3. The minimum Gasteiger partial charge on any atom is -0.460 e. The molecule has 3 heterocycles. The van der Waals surface area contributed by atoms with Crippen LogP contribution < -0.4 is 0 Å². The number of esters is 1. The molecular formula is C24H26F6N4O4. The number of hydrogen-bond donors (Lipinski definition) is 0. The molecule has 0 unspecified atom stereocenters. The highest BCUT2D eigenvalue weighted by Gasteiger charge is 2.42. The number of hydrogen-bond acceptors (Lipinski definition) is 6. The number of carbonyl (C=O) groups is 2. The van der Waals surface area contributed by atoms with Crippen LogP contribution in [0.3, 0.4) is 0 Å². The first-order valence-electron chi connectivity index (χ1n) is 12.1. The van der Waals surface area contributed by atoms with Crippen LogP contribution in [0.4, 0.5) is 26.3 Å². The van der Waals surface area contributed by atoms with E-state index in [1.165, 1.54) is 4.90 Å². The van der Waals surface area contributed by atoms with Crippen LogP contribution in [0, 0.1) is 17.5 Å². The molecule has 0 saturated carbocycles. The SMILES string of the molecule is O=C(OCCN1CCOCC1)c1nc(C(F)(F)F)n2c1CN(C(=O)CCCc1cc(F)c(F)cc1F)CC2. The zero-order chi connectivity index (χ0) is 27.4. The Morgan fingerprint density at radius 2 is 1.71 bits per heavy atom. The standard InChI is InChI=1S/C24H26F6N4O4/c25-16-13-18(27)17(26)12-15(16)2-1-3-20(35)33-4-5-34-19(14-33)21(31-23(34)24(28,29)30)22(36)38-11-8-32-6-9-37-10-7-32/h12-13H,1-11,14H2. The van der Waals surface area contributed by atoms with Crippen LogP contribution in [-0.2, 0) is 40.0 Å². The van der Waals surface area contributed by atoms with Gasteiger partial charge in [-0.1, -0.05) is 0 Å². The van der Waals surface area contributed by atoms with Crippen LogP contribution in [0.15, 0.2) is 12.1 Å². The van der Waals surface area contributed by atoms with Gasteiger partial charge in [-0.15, -0.1) is 0 Å². The lowest BCUT2D eigenvalue weighted by atomic mass is 10.1. The molecule has 2 aliphatic rings. The van der Waals surface area contributed by atoms with Crippen molar-refractivity contribution < 1.29 is 45.4 Å². The molecule has 1 amide bonds. The second-order valence-corrected chi connectivity index (χ2v) is 9.00. The zero-order valence-corrected chi connectivity index (χ0v) is 20.3. The second-order valence-electron chi connectivity index (χ2n) is 9.00. The van der Waals surface area contributed by atoms with Crippen molar-refractivity contribution in [2.45, 2.75) is 38.5 Å². The maximum absolute atomic E-state index is 13.8. The Hall–Kier alpha value is -3.13. The van der Waals surface area contributed by atoms with Gasteiger partial charge >= 0.3 is 12.1 Å². The molecule has 1 aromatic carbocycles. The Labute approximate surface area is 214 Å². The van der Waals surface area contributed by atoms with E-state index in [2.05, 4.69) is 4.98 Å². The number of nitrogens with zero attached hydrogens (tertiary/aromatic N) is 4. The van der Waals surface area contributed by atoms with Gasteiger partial charge in [-0.3, -0.25) is 9.69 Å². The van der Waals surface area contributed by atoms with Crippen molar-refractivity contribution in [3.05, 3.63) is 52.4 Å². The lowest BCUT2D eigenvalue weighted by molar-refractivity contribution is -0.148. The van der Waals surface area contributed by atoms with E-state index in [1.807, 2.05) is 4.90 Å². The van der Waals surface area contributed by atoms with Crippen LogP contribution in [0.5, 0.6) is 0 Å². The Morgan fingerprint density at radius 1 is 1.00 bits per heavy atom. The molecule has 1 fully saturated rings. The van der Waals surface area contributed by atoms with Crippen molar-refractivity contribution in [1.29, 1.82) is 0 Å². The maximum atomic E-state index is 13.8. The highest BCUT2D eigenvalue weighted by molar-refractivity contribution is 5.89. The smallest absolute Gasteiger partial charge is 0.449 e. The van der Waals surface area contributed by atoms with Gasteiger partial charge in [0, 0.05) is 45.2 Å². The normalized spacial score (nSPS) is 16.4. The van der Waals surface area contributed by atoms with Crippen molar-refractivity contribution in [1.82, 2.24) is 19.4 Å². The Morgan fingerprint density at radius 3 is 2.42 bits per heavy atom. The summed E-state index contributed by atoms with van der Waals surface area (Å²) in [6, 6.07) is 1.16. The van der Waals surface area contributed by atoms with Gasteiger partial charge in [-0.2, -0.15) is 13.2 Å². The Kier molecular flexibility index (Phi) is 8.61. The molecule has 8 nitrogen and oxygen atoms in total. The first-order valence-corrected chi connectivity index (χ1v) is 12.1. The summed E-state index contributed by atoms with van der Waals surface area (Å²) in [7, 11) is 0. The van der Waals surface area contributed by atoms with Crippen molar-refractivity contribution in [2.75, 3.05) is 46.0 Å². The molecule has 0 atom stereocenters. The second kappa shape index (κ2) is 11.7. The number of morpholine rings is 1. The third kappa shape index (κ3) is 6.46. The summed E-state index contributed by atoms with van der Waals surface area (Å²) in [5.41, 5.74) is -0.675. The van der Waals surface area contributed by atoms with Crippen LogP contribution >= 0.6 is 0 Å². The molecule has 4 rings (SSSR count). The highest BCUT2D eigenvalue weighted by atomic mass is 19.4. The number of aromatic nitrogens is 2. The summed E-state index contributed by atoms with van der Waals surface area (Å²) in [5.74, 6) is -6.16. The van der Waals surface area contributed by atoms with E-state index in [1.54, 1.807) is 0 Å². The van der Waals surface area contributed by atoms with Crippen molar-refractivity contribution in [3.8, 4) is 0 Å². The van der Waals surface area contributed by atoms with Gasteiger partial charge in [0.25, 0.3) is 0 Å². The molecule has 0 spiro atoms. The Bertz CT molecular complexity index is 1180. The first-order chi connectivity index (χ1) is 18.0. The number of alkyl halides is 3. The molecule has 1 aromatic heterocycles. The van der Waals surface area contributed by atoms with Gasteiger partial charge < -0.3 is 18.9 Å². The third-order valence-corrected chi connectivity index (χ3v) is 6.48. The number of fused-ring (bicyclic) bond motifs is 1. The number of carbonyl (C=O) groups excluding carboxylic acids is 2. The van der Waals surface area contributed by atoms with E-state index < -0.39 is 47.0 Å². The number of benzene rings is 1. The summed E-state index contributed by atoms with van der Waals surface area (Å²) in [5, 5.41) is 0. The molecule has 208 valence electrons. The van der Waals surface area contributed by atoms with Gasteiger partial charge in [0.1, 0.15) is 12.4 Å². The van der Waals surface area contributed by atoms with Crippen LogP contribution in [0.2, 0.25) is 0 Å². The summed E-state index contributed by atoms with van der Waals surface area (Å²) >= 11 is 0. The molecule has 2 aromatic rings. The fourth-order valence-corrected chi connectivity index (χ4v) is 4.46. The van der Waals surface area contributed by atoms with Gasteiger partial charge in [-0.05, 0) is 24.5 Å². The summed E-state index contributed by atoms with van der Waals surface area (Å²) in [6.07, 6.45) is -4.87. The quantitative estimate of drug-likeness (QED) is 0.287. The molecule has 38 heavy (non-hydrogen) atoms. The lowest BCUT2D eigenvalue weighted by Gasteiger charge is -2.29. The number of aryl methyl sites for hydroxylation is 1. The van der Waals surface area contributed by atoms with Gasteiger partial charge in [0.2, 0.25) is 11.7 Å². The summed E-state index contributed by atoms with van der Waals surface area (Å²) < 4.78 is 92.4. The highest BCUT2D eigenvalue weighted by Crippen LogP contribution is 2.32. The predicted molar refractivity (Wildman–Crippen MR) is 119 cm³/mol. The molecule has 0 aliphatic carbocycles. The number of amides is 1. The van der Waals surface area contributed by atoms with Gasteiger partial charge in [0.05, 0.1) is 25.5 Å². The summed E-state index contributed by atoms with van der Waals surface area (Å²) in [6.45, 7) is 2.13. The van der Waals surface area contributed by atoms with E-state index in [0.717, 1.165) is 10.6 Å². The minimum absolute atomic E-state index is 0.0422. The predicted octanol–water partition coefficient (Wildman–Crippen LogP) is 3.17. The van der Waals surface area contributed by atoms with E-state index >= 15 is 0 Å². The van der Waals surface area contributed by atoms with Crippen molar-refractivity contribution >= 4 is 11.9 Å². The monoisotopic (exact) mass is 548 g/mol. The van der Waals surface area contributed by atoms with E-state index in [9.17, 15) is 35.9 Å². The van der Waals surface area contributed by atoms with E-state index in [0.29, 0.717) is 38.9 Å². The molecule has 0 bridgehead atoms. The molecule has 0 N–H and O–H groups in total. The minimum atomic E-state index is -4.82. The van der Waals surface area contributed by atoms with Crippen molar-refractivity contribution in [3.63, 3.8) is 0 Å². The summed E-state index contributed by atoms with van der Waals surface area (Å²) in [4.78, 5) is 32.2. The molecular weight excluding hydrogens is 522 g/mol. The molecule has 1 saturated heterocycles. The maximum Gasteiger partial charge on any atom is 0.449 e. The molecule has 14 heteroatoms. The van der Waals surface area contributed by atoms with Crippen molar-refractivity contribution in [2.24, 2.45) is 0 Å². The average Bonchev–Trinajstić information content (AvgIpc) is 3.27. The number of rotatable bonds is 8. The van der Waals surface area contributed by atoms with Gasteiger partial charge in [0.15, 0.2) is 17.3 Å². The first kappa shape index (κ1) is 27.9. The number of halogens is 6. The van der Waals surface area contributed by atoms with Crippen LogP contribution in [0.1, 0.15) is 40.4 Å². The Balaban J connectivity index is 1.40. The van der Waals surface area contributed by atoms with Crippen LogP contribution in [-0.4, -0.2) is 77.2 Å². The average molecular weight is 548 g/mol. The number of ether oxygens (including phenoxy) is 2. The van der Waals surface area contributed by atoms with Gasteiger partial charge in [-0.25, -0.2) is 22.9 Å². The van der Waals surface area contributed by atoms with Crippen LogP contribution in [0.25, 0.3) is 0 Å². The topological polar surface area (TPSA) is 76.9 Å². The largest absolute Gasteiger partial charge is 0.460 e. The third-order valence-electron chi connectivity index (χ3n) is 6.48. The number of imidazole rings is 1.